The number of primary amides is 1. The summed E-state index contributed by atoms with van der Waals surface area (Å²) >= 11 is 5.71. The smallest absolute Gasteiger partial charge is 0.409 e. The number of rotatable bonds is 11. The molecule has 214 valence electrons. The lowest BCUT2D eigenvalue weighted by Crippen LogP contribution is -2.54. The van der Waals surface area contributed by atoms with Gasteiger partial charge < -0.3 is 20.7 Å². The molecule has 3 N–H and O–H groups in total. The van der Waals surface area contributed by atoms with Crippen molar-refractivity contribution in [1.82, 2.24) is 20.0 Å². The third-order valence-electron chi connectivity index (χ3n) is 5.74. The molecule has 3 amide bonds. The van der Waals surface area contributed by atoms with Crippen LogP contribution in [0.4, 0.5) is 17.6 Å². The van der Waals surface area contributed by atoms with E-state index in [4.69, 9.17) is 17.3 Å². The van der Waals surface area contributed by atoms with E-state index in [0.29, 0.717) is 0 Å². The maximum Gasteiger partial charge on any atom is 0.409 e. The Morgan fingerprint density at radius 1 is 1.15 bits per heavy atom. The standard InChI is InChI=1S/C25H24ClF4N5O5/c1-2-40-21(38)10-18(25(28,29)30)34(12-19(36)32-11-14-6-5-8-16(26)22(14)27)20(37)13-35-17-9-4-3-7-15(17)23(33-35)24(31)39/h3-9,18H,2,10-13H2,1H3,(H2,31,39)(H,32,36). The van der Waals surface area contributed by atoms with Gasteiger partial charge in [0.25, 0.3) is 5.91 Å². The minimum absolute atomic E-state index is 0.0420. The van der Waals surface area contributed by atoms with E-state index in [2.05, 4.69) is 15.2 Å². The van der Waals surface area contributed by atoms with Gasteiger partial charge in [-0.2, -0.15) is 18.3 Å². The molecule has 0 bridgehead atoms. The number of alkyl halides is 3. The summed E-state index contributed by atoms with van der Waals surface area (Å²) in [5.74, 6) is -5.33. The first-order valence-electron chi connectivity index (χ1n) is 11.8. The molecule has 1 unspecified atom stereocenters. The summed E-state index contributed by atoms with van der Waals surface area (Å²) in [7, 11) is 0. The Hall–Kier alpha value is -4.20. The molecule has 0 radical (unpaired) electrons. The fourth-order valence-electron chi connectivity index (χ4n) is 3.89. The summed E-state index contributed by atoms with van der Waals surface area (Å²) in [5.41, 5.74) is 5.31. The Labute approximate surface area is 230 Å². The molecule has 0 saturated heterocycles. The molecule has 1 aromatic heterocycles. The van der Waals surface area contributed by atoms with Gasteiger partial charge in [0.1, 0.15) is 24.9 Å². The number of nitrogens with one attached hydrogen (secondary N) is 1. The molecule has 10 nitrogen and oxygen atoms in total. The van der Waals surface area contributed by atoms with Gasteiger partial charge in [-0.05, 0) is 19.1 Å². The number of aromatic nitrogens is 2. The number of benzene rings is 2. The summed E-state index contributed by atoms with van der Waals surface area (Å²) in [6.45, 7) is -1.23. The van der Waals surface area contributed by atoms with Gasteiger partial charge in [0.15, 0.2) is 5.69 Å². The minimum Gasteiger partial charge on any atom is -0.466 e. The summed E-state index contributed by atoms with van der Waals surface area (Å²) in [4.78, 5) is 50.0. The molecule has 3 rings (SSSR count). The molecule has 0 fully saturated rings. The number of esters is 1. The van der Waals surface area contributed by atoms with E-state index in [-0.39, 0.29) is 38.7 Å². The molecule has 0 aliphatic carbocycles. The van der Waals surface area contributed by atoms with E-state index in [1.54, 1.807) is 12.1 Å². The minimum atomic E-state index is -5.15. The van der Waals surface area contributed by atoms with Crippen LogP contribution in [0.2, 0.25) is 5.02 Å². The lowest BCUT2D eigenvalue weighted by Gasteiger charge is -2.32. The summed E-state index contributed by atoms with van der Waals surface area (Å²) in [6.07, 6.45) is -6.43. The Kier molecular flexibility index (Phi) is 9.69. The van der Waals surface area contributed by atoms with Crippen molar-refractivity contribution in [1.29, 1.82) is 0 Å². The van der Waals surface area contributed by atoms with Crippen LogP contribution in [-0.2, 0) is 32.2 Å². The van der Waals surface area contributed by atoms with Crippen LogP contribution >= 0.6 is 11.6 Å². The van der Waals surface area contributed by atoms with Gasteiger partial charge in [-0.1, -0.05) is 41.9 Å². The van der Waals surface area contributed by atoms with Gasteiger partial charge in [0.05, 0.1) is 23.6 Å². The first kappa shape index (κ1) is 30.3. The maximum atomic E-state index is 14.2. The van der Waals surface area contributed by atoms with Crippen LogP contribution < -0.4 is 11.1 Å². The summed E-state index contributed by atoms with van der Waals surface area (Å²) < 4.78 is 62.2. The summed E-state index contributed by atoms with van der Waals surface area (Å²) in [5, 5.41) is 6.25. The number of carbonyl (C=O) groups excluding carboxylic acids is 4. The van der Waals surface area contributed by atoms with Crippen LogP contribution in [-0.4, -0.2) is 63.7 Å². The fourth-order valence-corrected chi connectivity index (χ4v) is 4.09. The zero-order valence-electron chi connectivity index (χ0n) is 21.0. The quantitative estimate of drug-likeness (QED) is 0.262. The van der Waals surface area contributed by atoms with Gasteiger partial charge in [0.2, 0.25) is 11.8 Å². The predicted molar refractivity (Wildman–Crippen MR) is 134 cm³/mol. The van der Waals surface area contributed by atoms with Crippen molar-refractivity contribution in [2.24, 2.45) is 5.73 Å². The number of para-hydroxylation sites is 1. The van der Waals surface area contributed by atoms with E-state index in [9.17, 15) is 36.7 Å². The monoisotopic (exact) mass is 585 g/mol. The fraction of sp³-hybridized carbons (Fsp3) is 0.320. The topological polar surface area (TPSA) is 137 Å². The average molecular weight is 586 g/mol. The van der Waals surface area contributed by atoms with Gasteiger partial charge in [0, 0.05) is 17.5 Å². The van der Waals surface area contributed by atoms with Crippen LogP contribution in [0.15, 0.2) is 42.5 Å². The molecule has 2 aromatic carbocycles. The molecule has 0 spiro atoms. The highest BCUT2D eigenvalue weighted by Crippen LogP contribution is 2.29. The van der Waals surface area contributed by atoms with Crippen molar-refractivity contribution in [2.75, 3.05) is 13.2 Å². The summed E-state index contributed by atoms with van der Waals surface area (Å²) in [6, 6.07) is 7.33. The molecule has 0 aliphatic heterocycles. The average Bonchev–Trinajstić information content (AvgIpc) is 3.25. The van der Waals surface area contributed by atoms with Gasteiger partial charge in [-0.3, -0.25) is 23.9 Å². The van der Waals surface area contributed by atoms with Gasteiger partial charge in [-0.15, -0.1) is 0 Å². The third kappa shape index (κ3) is 7.25. The second-order valence-corrected chi connectivity index (χ2v) is 8.87. The van der Waals surface area contributed by atoms with Crippen LogP contribution in [0.1, 0.15) is 29.4 Å². The van der Waals surface area contributed by atoms with E-state index < -0.39 is 67.8 Å². The number of carbonyl (C=O) groups is 4. The number of hydrogen-bond acceptors (Lipinski definition) is 6. The second-order valence-electron chi connectivity index (χ2n) is 8.47. The van der Waals surface area contributed by atoms with Crippen molar-refractivity contribution < 1.29 is 41.5 Å². The Balaban J connectivity index is 1.93. The largest absolute Gasteiger partial charge is 0.466 e. The van der Waals surface area contributed by atoms with E-state index in [0.717, 1.165) is 4.68 Å². The molecule has 0 saturated carbocycles. The number of nitrogens with two attached hydrogens (primary N) is 1. The molecule has 0 aliphatic rings. The molecule has 1 atom stereocenters. The Morgan fingerprint density at radius 3 is 2.50 bits per heavy atom. The highest BCUT2D eigenvalue weighted by atomic mass is 35.5. The number of amides is 3. The van der Waals surface area contributed by atoms with Crippen molar-refractivity contribution in [3.8, 4) is 0 Å². The number of fused-ring (bicyclic) bond motifs is 1. The first-order chi connectivity index (χ1) is 18.8. The van der Waals surface area contributed by atoms with Crippen LogP contribution in [0.3, 0.4) is 0 Å². The van der Waals surface area contributed by atoms with Crippen LogP contribution in [0.5, 0.6) is 0 Å². The highest BCUT2D eigenvalue weighted by Gasteiger charge is 2.47. The van der Waals surface area contributed by atoms with E-state index in [1.807, 2.05) is 0 Å². The SMILES string of the molecule is CCOC(=O)CC(N(CC(=O)NCc1cccc(Cl)c1F)C(=O)Cn1nc(C(N)=O)c2ccccc21)C(F)(F)F. The first-order valence-corrected chi connectivity index (χ1v) is 12.2. The number of nitrogens with zero attached hydrogens (tertiary/aromatic N) is 3. The van der Waals surface area contributed by atoms with E-state index in [1.165, 1.54) is 37.3 Å². The highest BCUT2D eigenvalue weighted by molar-refractivity contribution is 6.30. The molecule has 3 aromatic rings. The molecule has 15 heteroatoms. The van der Waals surface area contributed by atoms with Crippen molar-refractivity contribution in [2.45, 2.75) is 38.7 Å². The molecular weight excluding hydrogens is 562 g/mol. The van der Waals surface area contributed by atoms with Crippen LogP contribution in [0.25, 0.3) is 10.9 Å². The van der Waals surface area contributed by atoms with E-state index >= 15 is 0 Å². The molecule has 40 heavy (non-hydrogen) atoms. The Bertz CT molecular complexity index is 1430. The van der Waals surface area contributed by atoms with Crippen LogP contribution in [0, 0.1) is 5.82 Å². The lowest BCUT2D eigenvalue weighted by molar-refractivity contribution is -0.196. The zero-order valence-corrected chi connectivity index (χ0v) is 21.8. The number of hydrogen-bond donors (Lipinski definition) is 2. The van der Waals surface area contributed by atoms with Gasteiger partial charge in [-0.25, -0.2) is 4.39 Å². The number of ether oxygens (including phenoxy) is 1. The second kappa shape index (κ2) is 12.8. The van der Waals surface area contributed by atoms with Crippen molar-refractivity contribution in [3.05, 3.63) is 64.6 Å². The zero-order chi connectivity index (χ0) is 29.6. The molecular formula is C25H24ClF4N5O5. The molecule has 1 heterocycles. The maximum absolute atomic E-state index is 14.2. The van der Waals surface area contributed by atoms with Crippen molar-refractivity contribution in [3.63, 3.8) is 0 Å². The predicted octanol–water partition coefficient (Wildman–Crippen LogP) is 2.96. The normalized spacial score (nSPS) is 12.2. The number of halogens is 5. The van der Waals surface area contributed by atoms with Crippen molar-refractivity contribution >= 4 is 46.2 Å². The third-order valence-corrected chi connectivity index (χ3v) is 6.03. The van der Waals surface area contributed by atoms with Gasteiger partial charge >= 0.3 is 12.1 Å². The lowest BCUT2D eigenvalue weighted by atomic mass is 10.1. The Morgan fingerprint density at radius 2 is 1.85 bits per heavy atom.